The van der Waals surface area contributed by atoms with Crippen LogP contribution in [-0.2, 0) is 0 Å². The molecule has 0 saturated heterocycles. The van der Waals surface area contributed by atoms with Gasteiger partial charge in [-0.2, -0.15) is 0 Å². The fourth-order valence-electron chi connectivity index (χ4n) is 19.2. The lowest BCUT2D eigenvalue weighted by molar-refractivity contribution is 0.414. The topological polar surface area (TPSA) is 37.9 Å². The van der Waals surface area contributed by atoms with Crippen LogP contribution in [-0.4, -0.2) is 14.2 Å². The Balaban J connectivity index is 0.000000117. The quantitative estimate of drug-likeness (QED) is 0.0699. The predicted octanol–water partition coefficient (Wildman–Crippen LogP) is 36.2. The third kappa shape index (κ3) is 16.1. The Morgan fingerprint density at radius 1 is 0.157 bits per heavy atom. The Hall–Kier alpha value is -16.8. The second kappa shape index (κ2) is 35.9. The molecule has 0 aromatic heterocycles. The number of nitrogens with zero attached hydrogens (tertiary/aromatic N) is 6. The van der Waals surface area contributed by atoms with Gasteiger partial charge in [0.1, 0.15) is 23.1 Å². The van der Waals surface area contributed by atoms with Crippen LogP contribution < -0.4 is 38.9 Å². The highest BCUT2D eigenvalue weighted by Crippen LogP contribution is 2.51. The van der Waals surface area contributed by atoms with E-state index >= 15 is 0 Å². The third-order valence-electron chi connectivity index (χ3n) is 25.1. The zero-order valence-corrected chi connectivity index (χ0v) is 74.6. The monoisotopic (exact) mass is 1770 g/mol. The van der Waals surface area contributed by atoms with E-state index in [4.69, 9.17) is 32.7 Å². The largest absolute Gasteiger partial charge is 0.497 e. The van der Waals surface area contributed by atoms with Crippen molar-refractivity contribution in [3.63, 3.8) is 0 Å². The summed E-state index contributed by atoms with van der Waals surface area (Å²) in [7, 11) is 3.40. The van der Waals surface area contributed by atoms with Crippen molar-refractivity contribution in [3.05, 3.63) is 495 Å². The minimum Gasteiger partial charge on any atom is -0.497 e. The maximum atomic E-state index is 13.9. The van der Waals surface area contributed by atoms with Gasteiger partial charge in [-0.3, -0.25) is 0 Å². The maximum absolute atomic E-state index is 13.9. The second-order valence-electron chi connectivity index (χ2n) is 33.3. The van der Waals surface area contributed by atoms with Crippen LogP contribution in [0, 0.1) is 11.6 Å². The molecule has 24 aromatic rings. The lowest BCUT2D eigenvalue weighted by Gasteiger charge is -2.27. The normalized spacial score (nSPS) is 11.4. The summed E-state index contributed by atoms with van der Waals surface area (Å²) in [5.41, 5.74) is 18.8. The van der Waals surface area contributed by atoms with Crippen LogP contribution in [0.4, 0.5) is 111 Å². The molecule has 0 N–H and O–H groups in total. The van der Waals surface area contributed by atoms with Gasteiger partial charge in [0.05, 0.1) is 14.2 Å². The van der Waals surface area contributed by atoms with Crippen LogP contribution in [0.3, 0.4) is 0 Å². The average molecular weight is 1770 g/mol. The number of ether oxygens (including phenoxy) is 2. The molecule has 0 saturated carbocycles. The van der Waals surface area contributed by atoms with Gasteiger partial charge in [-0.05, 0) is 388 Å². The highest BCUT2D eigenvalue weighted by molar-refractivity contribution is 6.31. The van der Waals surface area contributed by atoms with Crippen molar-refractivity contribution < 1.29 is 18.3 Å². The van der Waals surface area contributed by atoms with Gasteiger partial charge in [0.15, 0.2) is 0 Å². The molecule has 8 nitrogen and oxygen atoms in total. The molecule has 0 amide bonds. The first kappa shape index (κ1) is 82.9. The molecule has 0 heterocycles. The van der Waals surface area contributed by atoms with Crippen molar-refractivity contribution >= 4 is 223 Å². The van der Waals surface area contributed by atoms with E-state index in [0.29, 0.717) is 0 Å². The average Bonchev–Trinajstić information content (AvgIpc) is 0.735. The Morgan fingerprint density at radius 3 is 0.440 bits per heavy atom. The van der Waals surface area contributed by atoms with Crippen LogP contribution in [0.5, 0.6) is 11.5 Å². The summed E-state index contributed by atoms with van der Waals surface area (Å²) in [6.07, 6.45) is 0. The van der Waals surface area contributed by atoms with E-state index in [1.165, 1.54) is 99.7 Å². The molecular formula is C122H84Cl2F2N6O2. The maximum Gasteiger partial charge on any atom is 0.123 e. The fourth-order valence-corrected chi connectivity index (χ4v) is 19.4. The highest BCUT2D eigenvalue weighted by atomic mass is 35.5. The molecule has 0 aliphatic heterocycles. The first-order valence-corrected chi connectivity index (χ1v) is 45.3. The van der Waals surface area contributed by atoms with E-state index in [1.54, 1.807) is 14.2 Å². The second-order valence-corrected chi connectivity index (χ2v) is 34.2. The van der Waals surface area contributed by atoms with Gasteiger partial charge in [0.25, 0.3) is 0 Å². The van der Waals surface area contributed by atoms with Crippen molar-refractivity contribution in [2.45, 2.75) is 0 Å². The van der Waals surface area contributed by atoms with Gasteiger partial charge in [-0.15, -0.1) is 0 Å². The lowest BCUT2D eigenvalue weighted by atomic mass is 9.93. The van der Waals surface area contributed by atoms with Gasteiger partial charge in [0, 0.05) is 112 Å². The molecule has 134 heavy (non-hydrogen) atoms. The van der Waals surface area contributed by atoms with E-state index in [1.807, 2.05) is 121 Å². The Kier molecular flexibility index (Phi) is 22.2. The van der Waals surface area contributed by atoms with Crippen molar-refractivity contribution in [3.8, 4) is 11.5 Å². The summed E-state index contributed by atoms with van der Waals surface area (Å²) in [6.45, 7) is 0. The zero-order valence-electron chi connectivity index (χ0n) is 73.0. The minimum atomic E-state index is -0.262. The van der Waals surface area contributed by atoms with E-state index in [9.17, 15) is 8.78 Å². The van der Waals surface area contributed by atoms with Crippen molar-refractivity contribution in [2.24, 2.45) is 0 Å². The molecule has 0 fully saturated rings. The standard InChI is InChI=1S/C42H32N2O2.C40H26Cl2N2.C40H26F2N2/c1-45-39-21-17-35(18-22-39)43(33-9-5-3-6-10-33)37-25-29-13-15-31-27-38(28-32-16-14-30(26-37)41(29)42(31)32)44(34-11-7-4-8-12-34)36-19-23-40(46-2)24-20-36;2*41-31-15-19-35(20-16-31)43(33-7-3-1-4-8-33)37-23-27-11-13-29-25-38(26-30-14-12-28(24-37)39(27)40(29)30)44(34-9-5-2-6-10-34)36-21-17-32(42)18-22-36/h3-28H,1-2H3;2*1-26H. The minimum absolute atomic E-state index is 0.262. The van der Waals surface area contributed by atoms with E-state index in [0.717, 1.165) is 145 Å². The van der Waals surface area contributed by atoms with Gasteiger partial charge >= 0.3 is 0 Å². The van der Waals surface area contributed by atoms with Crippen molar-refractivity contribution in [1.29, 1.82) is 0 Å². The van der Waals surface area contributed by atoms with E-state index in [-0.39, 0.29) is 11.6 Å². The lowest BCUT2D eigenvalue weighted by Crippen LogP contribution is -2.10. The predicted molar refractivity (Wildman–Crippen MR) is 562 cm³/mol. The molecule has 12 heteroatoms. The molecule has 0 unspecified atom stereocenters. The van der Waals surface area contributed by atoms with Gasteiger partial charge in [-0.1, -0.05) is 205 Å². The molecule has 0 atom stereocenters. The van der Waals surface area contributed by atoms with Crippen LogP contribution >= 0.6 is 23.2 Å². The molecule has 0 aliphatic rings. The van der Waals surface area contributed by atoms with Crippen molar-refractivity contribution in [2.75, 3.05) is 43.6 Å². The molecule has 0 spiro atoms. The van der Waals surface area contributed by atoms with Crippen LogP contribution in [0.2, 0.25) is 10.0 Å². The van der Waals surface area contributed by atoms with Crippen molar-refractivity contribution in [1.82, 2.24) is 0 Å². The molecular weight excluding hydrogens is 1690 g/mol. The molecule has 0 bridgehead atoms. The van der Waals surface area contributed by atoms with E-state index < -0.39 is 0 Å². The summed E-state index contributed by atoms with van der Waals surface area (Å²) in [5, 5.41) is 23.1. The summed E-state index contributed by atoms with van der Waals surface area (Å²) in [6, 6.07) is 162. The molecule has 642 valence electrons. The Labute approximate surface area is 785 Å². The van der Waals surface area contributed by atoms with Crippen LogP contribution in [0.15, 0.2) is 473 Å². The molecule has 0 aliphatic carbocycles. The zero-order chi connectivity index (χ0) is 90.3. The van der Waals surface area contributed by atoms with Crippen LogP contribution in [0.25, 0.3) is 97.0 Å². The number of rotatable bonds is 20. The first-order valence-electron chi connectivity index (χ1n) is 44.5. The van der Waals surface area contributed by atoms with Gasteiger partial charge < -0.3 is 38.9 Å². The molecule has 0 radical (unpaired) electrons. The highest BCUT2D eigenvalue weighted by Gasteiger charge is 2.26. The fraction of sp³-hybridized carbons (Fsp3) is 0.0164. The van der Waals surface area contributed by atoms with E-state index in [2.05, 4.69) is 357 Å². The number of anilines is 18. The number of halogens is 4. The summed E-state index contributed by atoms with van der Waals surface area (Å²) in [5.74, 6) is 1.15. The van der Waals surface area contributed by atoms with Gasteiger partial charge in [-0.25, -0.2) is 8.78 Å². The first-order chi connectivity index (χ1) is 65.9. The van der Waals surface area contributed by atoms with Gasteiger partial charge in [0.2, 0.25) is 0 Å². The number of methoxy groups -OCH3 is 2. The third-order valence-corrected chi connectivity index (χ3v) is 25.6. The number of hydrogen-bond donors (Lipinski definition) is 0. The number of hydrogen-bond acceptors (Lipinski definition) is 8. The molecule has 24 rings (SSSR count). The Morgan fingerprint density at radius 2 is 0.291 bits per heavy atom. The number of benzene rings is 24. The Bertz CT molecular complexity index is 7280. The number of para-hydroxylation sites is 6. The smallest absolute Gasteiger partial charge is 0.123 e. The SMILES string of the molecule is COc1ccc(N(c2ccccc2)c2cc3ccc4cc(N(c5ccccc5)c5ccc(OC)cc5)cc5ccc(c2)c3c45)cc1.Clc1ccc(N(c2ccccc2)c2cc3ccc4cc(N(c5ccccc5)c5ccc(Cl)cc5)cc5ccc(c2)c3c45)cc1.Fc1ccc(N(c2ccccc2)c2cc3ccc4cc(N(c5ccccc5)c5ccc(F)cc5)cc5ccc(c2)c3c45)cc1. The summed E-state index contributed by atoms with van der Waals surface area (Å²) in [4.78, 5) is 13.5. The summed E-state index contributed by atoms with van der Waals surface area (Å²) >= 11 is 12.5. The molecule has 24 aromatic carbocycles. The van der Waals surface area contributed by atoms with Crippen LogP contribution in [0.1, 0.15) is 0 Å². The summed E-state index contributed by atoms with van der Waals surface area (Å²) < 4.78 is 38.7.